The first-order valence-corrected chi connectivity index (χ1v) is 8.88. The lowest BCUT2D eigenvalue weighted by Crippen LogP contribution is -2.40. The number of aliphatic hydroxyl groups excluding tert-OH is 1. The van der Waals surface area contributed by atoms with Crippen LogP contribution >= 0.6 is 0 Å². The molecule has 1 N–H and O–H groups in total. The van der Waals surface area contributed by atoms with E-state index < -0.39 is 6.61 Å². The summed E-state index contributed by atoms with van der Waals surface area (Å²) in [7, 11) is 0. The second kappa shape index (κ2) is 7.05. The van der Waals surface area contributed by atoms with E-state index in [0.29, 0.717) is 43.7 Å². The number of hydrogen-bond donors (Lipinski definition) is 1. The number of ketones is 1. The van der Waals surface area contributed by atoms with E-state index in [1.165, 1.54) is 0 Å². The first-order valence-electron chi connectivity index (χ1n) is 8.88. The van der Waals surface area contributed by atoms with Gasteiger partial charge in [0.15, 0.2) is 5.78 Å². The third kappa shape index (κ3) is 3.38. The number of carbonyl (C=O) groups excluding carboxylic acids is 2. The maximum Gasteiger partial charge on any atom is 0.248 e. The first-order chi connectivity index (χ1) is 11.5. The van der Waals surface area contributed by atoms with Crippen molar-refractivity contribution in [3.8, 4) is 0 Å². The highest BCUT2D eigenvalue weighted by molar-refractivity contribution is 5.99. The van der Waals surface area contributed by atoms with E-state index in [1.54, 1.807) is 4.90 Å². The quantitative estimate of drug-likeness (QED) is 0.908. The van der Waals surface area contributed by atoms with Gasteiger partial charge in [0, 0.05) is 25.9 Å². The Labute approximate surface area is 142 Å². The van der Waals surface area contributed by atoms with Crippen molar-refractivity contribution in [2.24, 2.45) is 17.8 Å². The molecular weight excluding hydrogens is 308 g/mol. The standard InChI is InChI=1S/C18H26N2O4/c1-11(2)13-8-14-18(15(22)9-13)16(24-19-14)7-12-3-5-20(6-4-12)17(23)10-21/h11-13,21H,3-10H2,1-2H3. The van der Waals surface area contributed by atoms with E-state index >= 15 is 0 Å². The summed E-state index contributed by atoms with van der Waals surface area (Å²) in [5.74, 6) is 1.90. The summed E-state index contributed by atoms with van der Waals surface area (Å²) in [5.41, 5.74) is 1.55. The molecule has 24 heavy (non-hydrogen) atoms. The number of piperidine rings is 1. The summed E-state index contributed by atoms with van der Waals surface area (Å²) in [4.78, 5) is 25.7. The number of likely N-dealkylation sites (tertiary alicyclic amines) is 1. The van der Waals surface area contributed by atoms with Gasteiger partial charge in [0.25, 0.3) is 0 Å². The number of amides is 1. The summed E-state index contributed by atoms with van der Waals surface area (Å²) in [6.07, 6.45) is 3.85. The van der Waals surface area contributed by atoms with Crippen molar-refractivity contribution >= 4 is 11.7 Å². The minimum absolute atomic E-state index is 0.166. The molecule has 1 unspecified atom stereocenters. The number of aliphatic hydroxyl groups is 1. The molecule has 0 bridgehead atoms. The fourth-order valence-corrected chi connectivity index (χ4v) is 3.84. The lowest BCUT2D eigenvalue weighted by Gasteiger charge is -2.31. The summed E-state index contributed by atoms with van der Waals surface area (Å²) in [6, 6.07) is 0. The summed E-state index contributed by atoms with van der Waals surface area (Å²) in [5, 5.41) is 13.1. The third-order valence-electron chi connectivity index (χ3n) is 5.53. The van der Waals surface area contributed by atoms with Gasteiger partial charge < -0.3 is 14.5 Å². The molecule has 1 aromatic rings. The van der Waals surface area contributed by atoms with E-state index in [9.17, 15) is 9.59 Å². The molecule has 6 heteroatoms. The Bertz CT molecular complexity index is 615. The molecule has 1 fully saturated rings. The average molecular weight is 334 g/mol. The third-order valence-corrected chi connectivity index (χ3v) is 5.53. The maximum atomic E-state index is 12.5. The molecule has 2 heterocycles. The summed E-state index contributed by atoms with van der Waals surface area (Å²) in [6.45, 7) is 5.18. The molecule has 1 saturated heterocycles. The molecule has 0 spiro atoms. The van der Waals surface area contributed by atoms with Gasteiger partial charge >= 0.3 is 0 Å². The fraction of sp³-hybridized carbons (Fsp3) is 0.722. The van der Waals surface area contributed by atoms with Gasteiger partial charge in [0.2, 0.25) is 5.91 Å². The SMILES string of the molecule is CC(C)C1CC(=O)c2c(noc2CC2CCN(C(=O)CO)CC2)C1. The highest BCUT2D eigenvalue weighted by Gasteiger charge is 2.34. The molecule has 0 aromatic carbocycles. The van der Waals surface area contributed by atoms with Crippen LogP contribution in [0.4, 0.5) is 0 Å². The van der Waals surface area contributed by atoms with E-state index in [1.807, 2.05) is 0 Å². The van der Waals surface area contributed by atoms with Gasteiger partial charge in [-0.3, -0.25) is 9.59 Å². The zero-order valence-electron chi connectivity index (χ0n) is 14.5. The van der Waals surface area contributed by atoms with Crippen LogP contribution in [0.25, 0.3) is 0 Å². The van der Waals surface area contributed by atoms with Gasteiger partial charge in [0.05, 0.1) is 11.3 Å². The number of Topliss-reactive ketones (excluding diaryl/α,β-unsaturated/α-hetero) is 1. The van der Waals surface area contributed by atoms with Crippen LogP contribution in [0.3, 0.4) is 0 Å². The largest absolute Gasteiger partial charge is 0.387 e. The number of hydrogen-bond acceptors (Lipinski definition) is 5. The second-order valence-electron chi connectivity index (χ2n) is 7.45. The molecule has 1 aliphatic heterocycles. The van der Waals surface area contributed by atoms with Gasteiger partial charge in [-0.05, 0) is 37.0 Å². The molecule has 132 valence electrons. The minimum atomic E-state index is -0.425. The van der Waals surface area contributed by atoms with Crippen LogP contribution in [0.5, 0.6) is 0 Å². The molecule has 1 aliphatic carbocycles. The van der Waals surface area contributed by atoms with Crippen molar-refractivity contribution in [3.63, 3.8) is 0 Å². The number of aromatic nitrogens is 1. The predicted octanol–water partition coefficient (Wildman–Crippen LogP) is 1.85. The molecule has 2 aliphatic rings. The lowest BCUT2D eigenvalue weighted by molar-refractivity contribution is -0.135. The van der Waals surface area contributed by atoms with Crippen LogP contribution in [0, 0.1) is 17.8 Å². The van der Waals surface area contributed by atoms with Gasteiger partial charge in [-0.25, -0.2) is 0 Å². The average Bonchev–Trinajstić information content (AvgIpc) is 2.98. The van der Waals surface area contributed by atoms with Crippen LogP contribution in [0.1, 0.15) is 54.9 Å². The number of carbonyl (C=O) groups is 2. The smallest absolute Gasteiger partial charge is 0.248 e. The van der Waals surface area contributed by atoms with Crippen LogP contribution in [-0.2, 0) is 17.6 Å². The van der Waals surface area contributed by atoms with Crippen molar-refractivity contribution in [2.45, 2.75) is 46.0 Å². The van der Waals surface area contributed by atoms with Crippen LogP contribution in [-0.4, -0.2) is 46.5 Å². The van der Waals surface area contributed by atoms with Crippen molar-refractivity contribution in [1.82, 2.24) is 10.1 Å². The molecule has 0 saturated carbocycles. The van der Waals surface area contributed by atoms with Crippen LogP contribution in [0.15, 0.2) is 4.52 Å². The monoisotopic (exact) mass is 334 g/mol. The number of fused-ring (bicyclic) bond motifs is 1. The highest BCUT2D eigenvalue weighted by atomic mass is 16.5. The Balaban J connectivity index is 1.64. The molecule has 1 aromatic heterocycles. The van der Waals surface area contributed by atoms with Gasteiger partial charge in [0.1, 0.15) is 12.4 Å². The molecule has 6 nitrogen and oxygen atoms in total. The molecule has 0 radical (unpaired) electrons. The Morgan fingerprint density at radius 3 is 2.67 bits per heavy atom. The van der Waals surface area contributed by atoms with E-state index in [-0.39, 0.29) is 11.7 Å². The lowest BCUT2D eigenvalue weighted by atomic mass is 9.79. The van der Waals surface area contributed by atoms with Crippen molar-refractivity contribution < 1.29 is 19.2 Å². The predicted molar refractivity (Wildman–Crippen MR) is 87.6 cm³/mol. The van der Waals surface area contributed by atoms with Crippen molar-refractivity contribution in [1.29, 1.82) is 0 Å². The number of rotatable bonds is 4. The number of nitrogens with zero attached hydrogens (tertiary/aromatic N) is 2. The molecular formula is C18H26N2O4. The first kappa shape index (κ1) is 17.1. The van der Waals surface area contributed by atoms with Crippen LogP contribution < -0.4 is 0 Å². The van der Waals surface area contributed by atoms with E-state index in [0.717, 1.165) is 36.3 Å². The summed E-state index contributed by atoms with van der Waals surface area (Å²) < 4.78 is 5.52. The normalized spacial score (nSPS) is 22.1. The second-order valence-corrected chi connectivity index (χ2v) is 7.45. The topological polar surface area (TPSA) is 83.6 Å². The van der Waals surface area contributed by atoms with Crippen molar-refractivity contribution in [3.05, 3.63) is 17.0 Å². The van der Waals surface area contributed by atoms with E-state index in [4.69, 9.17) is 9.63 Å². The van der Waals surface area contributed by atoms with Crippen LogP contribution in [0.2, 0.25) is 0 Å². The van der Waals surface area contributed by atoms with E-state index in [2.05, 4.69) is 19.0 Å². The van der Waals surface area contributed by atoms with Gasteiger partial charge in [-0.2, -0.15) is 0 Å². The molecule has 1 atom stereocenters. The van der Waals surface area contributed by atoms with Gasteiger partial charge in [-0.1, -0.05) is 19.0 Å². The summed E-state index contributed by atoms with van der Waals surface area (Å²) >= 11 is 0. The Kier molecular flexibility index (Phi) is 5.04. The highest BCUT2D eigenvalue weighted by Crippen LogP contribution is 2.33. The fourth-order valence-electron chi connectivity index (χ4n) is 3.84. The Hall–Kier alpha value is -1.69. The van der Waals surface area contributed by atoms with Crippen molar-refractivity contribution in [2.75, 3.05) is 19.7 Å². The maximum absolute atomic E-state index is 12.5. The Morgan fingerprint density at radius 1 is 1.33 bits per heavy atom. The Morgan fingerprint density at radius 2 is 2.04 bits per heavy atom. The molecule has 3 rings (SSSR count). The zero-order chi connectivity index (χ0) is 17.3. The molecule has 1 amide bonds. The van der Waals surface area contributed by atoms with Gasteiger partial charge in [-0.15, -0.1) is 0 Å². The zero-order valence-corrected chi connectivity index (χ0v) is 14.5. The minimum Gasteiger partial charge on any atom is -0.387 e.